The van der Waals surface area contributed by atoms with Gasteiger partial charge in [-0.15, -0.1) is 0 Å². The quantitative estimate of drug-likeness (QED) is 0.787. The first kappa shape index (κ1) is 15.9. The molecule has 0 aromatic heterocycles. The molecule has 4 heteroatoms. The van der Waals surface area contributed by atoms with Gasteiger partial charge in [0.2, 0.25) is 0 Å². The molecule has 0 fully saturated rings. The van der Waals surface area contributed by atoms with Crippen LogP contribution in [0.25, 0.3) is 0 Å². The monoisotopic (exact) mass is 268 g/mol. The van der Waals surface area contributed by atoms with Crippen molar-refractivity contribution in [1.82, 2.24) is 4.90 Å². The highest BCUT2D eigenvalue weighted by Gasteiger charge is 2.07. The highest BCUT2D eigenvalue weighted by molar-refractivity contribution is 5.29. The van der Waals surface area contributed by atoms with Crippen LogP contribution in [0.1, 0.15) is 25.8 Å². The SMILES string of the molecule is CCOc1ccc(CN(C)CCC(C)CN)cc1F. The largest absolute Gasteiger partial charge is 0.491 e. The standard InChI is InChI=1S/C15H25FN2O/c1-4-19-15-6-5-13(9-14(15)16)11-18(3)8-7-12(2)10-17/h5-6,9,12H,4,7-8,10-11,17H2,1-3H3. The smallest absolute Gasteiger partial charge is 0.165 e. The van der Waals surface area contributed by atoms with Gasteiger partial charge < -0.3 is 15.4 Å². The minimum Gasteiger partial charge on any atom is -0.491 e. The van der Waals surface area contributed by atoms with Gasteiger partial charge in [-0.3, -0.25) is 0 Å². The van der Waals surface area contributed by atoms with Crippen molar-refractivity contribution < 1.29 is 9.13 Å². The van der Waals surface area contributed by atoms with Gasteiger partial charge in [0.1, 0.15) is 0 Å². The molecule has 0 aliphatic heterocycles. The molecule has 1 atom stereocenters. The van der Waals surface area contributed by atoms with Gasteiger partial charge in [0.05, 0.1) is 6.61 Å². The Labute approximate surface area is 115 Å². The molecule has 0 aliphatic rings. The van der Waals surface area contributed by atoms with Crippen molar-refractivity contribution in [2.45, 2.75) is 26.8 Å². The molecule has 2 N–H and O–H groups in total. The number of rotatable bonds is 8. The van der Waals surface area contributed by atoms with Crippen LogP contribution in [0.4, 0.5) is 4.39 Å². The van der Waals surface area contributed by atoms with Crippen molar-refractivity contribution in [1.29, 1.82) is 0 Å². The average molecular weight is 268 g/mol. The Kier molecular flexibility index (Phi) is 6.81. The van der Waals surface area contributed by atoms with E-state index in [2.05, 4.69) is 11.8 Å². The number of hydrogen-bond acceptors (Lipinski definition) is 3. The van der Waals surface area contributed by atoms with E-state index in [1.807, 2.05) is 20.0 Å². The molecule has 0 aliphatic carbocycles. The maximum Gasteiger partial charge on any atom is 0.165 e. The van der Waals surface area contributed by atoms with Gasteiger partial charge in [-0.2, -0.15) is 0 Å². The fourth-order valence-corrected chi connectivity index (χ4v) is 1.86. The van der Waals surface area contributed by atoms with E-state index >= 15 is 0 Å². The van der Waals surface area contributed by atoms with Crippen molar-refractivity contribution in [2.24, 2.45) is 11.7 Å². The van der Waals surface area contributed by atoms with Gasteiger partial charge in [0, 0.05) is 6.54 Å². The highest BCUT2D eigenvalue weighted by atomic mass is 19.1. The number of nitrogens with zero attached hydrogens (tertiary/aromatic N) is 1. The minimum absolute atomic E-state index is 0.289. The van der Waals surface area contributed by atoms with Crippen LogP contribution >= 0.6 is 0 Å². The second-order valence-corrected chi connectivity index (χ2v) is 5.07. The lowest BCUT2D eigenvalue weighted by molar-refractivity contribution is 0.298. The zero-order valence-electron chi connectivity index (χ0n) is 12.2. The van der Waals surface area contributed by atoms with Gasteiger partial charge in [-0.25, -0.2) is 4.39 Å². The van der Waals surface area contributed by atoms with E-state index in [0.717, 1.165) is 25.1 Å². The molecule has 0 bridgehead atoms. The van der Waals surface area contributed by atoms with Crippen LogP contribution in [-0.4, -0.2) is 31.6 Å². The van der Waals surface area contributed by atoms with Crippen molar-refractivity contribution >= 4 is 0 Å². The highest BCUT2D eigenvalue weighted by Crippen LogP contribution is 2.19. The summed E-state index contributed by atoms with van der Waals surface area (Å²) >= 11 is 0. The average Bonchev–Trinajstić information content (AvgIpc) is 2.39. The molecular formula is C15H25FN2O. The van der Waals surface area contributed by atoms with Crippen LogP contribution in [0.3, 0.4) is 0 Å². The normalized spacial score (nSPS) is 12.7. The lowest BCUT2D eigenvalue weighted by atomic mass is 10.1. The number of halogens is 1. The molecule has 0 amide bonds. The Bertz CT molecular complexity index is 384. The van der Waals surface area contributed by atoms with Gasteiger partial charge in [0.25, 0.3) is 0 Å². The molecule has 1 unspecified atom stereocenters. The van der Waals surface area contributed by atoms with Gasteiger partial charge >= 0.3 is 0 Å². The van der Waals surface area contributed by atoms with Crippen molar-refractivity contribution in [2.75, 3.05) is 26.7 Å². The molecule has 0 radical (unpaired) electrons. The van der Waals surface area contributed by atoms with Crippen molar-refractivity contribution in [3.63, 3.8) is 0 Å². The Morgan fingerprint density at radius 1 is 1.42 bits per heavy atom. The predicted molar refractivity (Wildman–Crippen MR) is 76.7 cm³/mol. The summed E-state index contributed by atoms with van der Waals surface area (Å²) < 4.78 is 18.9. The molecule has 1 aromatic rings. The third-order valence-corrected chi connectivity index (χ3v) is 3.15. The van der Waals surface area contributed by atoms with E-state index < -0.39 is 0 Å². The van der Waals surface area contributed by atoms with Crippen LogP contribution in [0.2, 0.25) is 0 Å². The molecule has 19 heavy (non-hydrogen) atoms. The first-order valence-electron chi connectivity index (χ1n) is 6.86. The second kappa shape index (κ2) is 8.12. The van der Waals surface area contributed by atoms with Gasteiger partial charge in [0.15, 0.2) is 11.6 Å². The predicted octanol–water partition coefficient (Wildman–Crippen LogP) is 2.64. The number of nitrogens with two attached hydrogens (primary N) is 1. The van der Waals surface area contributed by atoms with E-state index in [1.54, 1.807) is 12.1 Å². The Hall–Kier alpha value is -1.13. The topological polar surface area (TPSA) is 38.5 Å². The van der Waals surface area contributed by atoms with E-state index in [9.17, 15) is 4.39 Å². The summed E-state index contributed by atoms with van der Waals surface area (Å²) in [5, 5.41) is 0. The zero-order chi connectivity index (χ0) is 14.3. The summed E-state index contributed by atoms with van der Waals surface area (Å²) in [7, 11) is 2.04. The summed E-state index contributed by atoms with van der Waals surface area (Å²) in [6.07, 6.45) is 1.06. The molecule has 0 saturated carbocycles. The lowest BCUT2D eigenvalue weighted by Crippen LogP contribution is -2.23. The third kappa shape index (κ3) is 5.57. The molecule has 1 aromatic carbocycles. The lowest BCUT2D eigenvalue weighted by Gasteiger charge is -2.19. The van der Waals surface area contributed by atoms with Crippen LogP contribution in [0.5, 0.6) is 5.75 Å². The Balaban J connectivity index is 2.50. The fraction of sp³-hybridized carbons (Fsp3) is 0.600. The molecule has 108 valence electrons. The third-order valence-electron chi connectivity index (χ3n) is 3.15. The van der Waals surface area contributed by atoms with Crippen LogP contribution in [0, 0.1) is 11.7 Å². The second-order valence-electron chi connectivity index (χ2n) is 5.07. The molecule has 3 nitrogen and oxygen atoms in total. The molecule has 0 spiro atoms. The van der Waals surface area contributed by atoms with Crippen molar-refractivity contribution in [3.8, 4) is 5.75 Å². The molecule has 0 heterocycles. The van der Waals surface area contributed by atoms with Crippen LogP contribution < -0.4 is 10.5 Å². The Morgan fingerprint density at radius 2 is 2.16 bits per heavy atom. The number of ether oxygens (including phenoxy) is 1. The number of benzene rings is 1. The summed E-state index contributed by atoms with van der Waals surface area (Å²) in [5.74, 6) is 0.563. The fourth-order valence-electron chi connectivity index (χ4n) is 1.86. The number of hydrogen-bond donors (Lipinski definition) is 1. The summed E-state index contributed by atoms with van der Waals surface area (Å²) in [4.78, 5) is 2.18. The molecular weight excluding hydrogens is 243 g/mol. The summed E-state index contributed by atoms with van der Waals surface area (Å²) in [6, 6.07) is 5.16. The molecule has 0 saturated heterocycles. The van der Waals surface area contributed by atoms with E-state index in [0.29, 0.717) is 24.8 Å². The first-order valence-corrected chi connectivity index (χ1v) is 6.86. The van der Waals surface area contributed by atoms with E-state index in [1.165, 1.54) is 0 Å². The maximum atomic E-state index is 13.7. The first-order chi connectivity index (χ1) is 9.06. The summed E-state index contributed by atoms with van der Waals surface area (Å²) in [6.45, 7) is 6.89. The van der Waals surface area contributed by atoms with Crippen LogP contribution in [0.15, 0.2) is 18.2 Å². The molecule has 1 rings (SSSR count). The zero-order valence-corrected chi connectivity index (χ0v) is 12.2. The van der Waals surface area contributed by atoms with E-state index in [4.69, 9.17) is 10.5 Å². The summed E-state index contributed by atoms with van der Waals surface area (Å²) in [5.41, 5.74) is 6.56. The van der Waals surface area contributed by atoms with Crippen molar-refractivity contribution in [3.05, 3.63) is 29.6 Å². The minimum atomic E-state index is -0.289. The van der Waals surface area contributed by atoms with Gasteiger partial charge in [-0.1, -0.05) is 13.0 Å². The van der Waals surface area contributed by atoms with E-state index in [-0.39, 0.29) is 5.82 Å². The van der Waals surface area contributed by atoms with Gasteiger partial charge in [-0.05, 0) is 57.1 Å². The maximum absolute atomic E-state index is 13.7. The van der Waals surface area contributed by atoms with Crippen LogP contribution in [-0.2, 0) is 6.54 Å². The Morgan fingerprint density at radius 3 is 2.74 bits per heavy atom.